The van der Waals surface area contributed by atoms with Crippen molar-refractivity contribution in [3.8, 4) is 0 Å². The molecule has 1 saturated heterocycles. The van der Waals surface area contributed by atoms with Crippen LogP contribution in [0.2, 0.25) is 0 Å². The van der Waals surface area contributed by atoms with E-state index in [0.29, 0.717) is 18.0 Å². The number of rotatable bonds is 5. The highest BCUT2D eigenvalue weighted by Crippen LogP contribution is 2.31. The Morgan fingerprint density at radius 3 is 2.59 bits per heavy atom. The Labute approximate surface area is 173 Å². The first kappa shape index (κ1) is 20.5. The second-order valence-electron chi connectivity index (χ2n) is 8.52. The van der Waals surface area contributed by atoms with Crippen LogP contribution in [0.1, 0.15) is 55.2 Å². The lowest BCUT2D eigenvalue weighted by Crippen LogP contribution is -2.39. The molecule has 3 heterocycles. The molecule has 1 aromatic carbocycles. The van der Waals surface area contributed by atoms with Crippen LogP contribution in [0.5, 0.6) is 0 Å². The topological polar surface area (TPSA) is 71.3 Å². The van der Waals surface area contributed by atoms with E-state index in [1.807, 2.05) is 26.2 Å². The Balaban J connectivity index is 1.53. The van der Waals surface area contributed by atoms with E-state index in [0.717, 1.165) is 62.4 Å². The van der Waals surface area contributed by atoms with Gasteiger partial charge in [0.25, 0.3) is 0 Å². The highest BCUT2D eigenvalue weighted by atomic mass is 32.2. The van der Waals surface area contributed by atoms with Crippen LogP contribution in [0.15, 0.2) is 29.2 Å². The van der Waals surface area contributed by atoms with Crippen LogP contribution in [0.3, 0.4) is 0 Å². The molecular weight excluding hydrogens is 386 g/mol. The zero-order valence-corrected chi connectivity index (χ0v) is 18.2. The van der Waals surface area contributed by atoms with E-state index >= 15 is 0 Å². The average Bonchev–Trinajstić information content (AvgIpc) is 2.96. The number of sulfonamides is 1. The number of hydrogen-bond acceptors (Lipinski definition) is 5. The van der Waals surface area contributed by atoms with Crippen LogP contribution in [0.4, 0.5) is 0 Å². The number of aromatic nitrogens is 3. The van der Waals surface area contributed by atoms with Gasteiger partial charge in [-0.15, -0.1) is 10.2 Å². The summed E-state index contributed by atoms with van der Waals surface area (Å²) in [7, 11) is 0.510. The van der Waals surface area contributed by atoms with E-state index in [4.69, 9.17) is 0 Å². The standard InChI is InChI=1S/C21H31N5O2S/c1-24(2)15-17-9-11-19(12-10-17)29(27,28)25-13-6-7-18(16-25)21-23-22-20-8-4-3-5-14-26(20)21/h9-12,18H,3-8,13-16H2,1-2H3. The molecule has 1 unspecified atom stereocenters. The van der Waals surface area contributed by atoms with Crippen LogP contribution >= 0.6 is 0 Å². The first-order valence-corrected chi connectivity index (χ1v) is 12.0. The van der Waals surface area contributed by atoms with E-state index in [2.05, 4.69) is 19.7 Å². The van der Waals surface area contributed by atoms with Crippen LogP contribution < -0.4 is 0 Å². The predicted molar refractivity (Wildman–Crippen MR) is 112 cm³/mol. The summed E-state index contributed by atoms with van der Waals surface area (Å²) >= 11 is 0. The third kappa shape index (κ3) is 4.39. The number of piperidine rings is 1. The van der Waals surface area contributed by atoms with Gasteiger partial charge in [0.1, 0.15) is 11.6 Å². The second kappa shape index (κ2) is 8.53. The van der Waals surface area contributed by atoms with Crippen LogP contribution in [0, 0.1) is 0 Å². The fourth-order valence-electron chi connectivity index (χ4n) is 4.46. The molecule has 1 atom stereocenters. The maximum Gasteiger partial charge on any atom is 0.243 e. The van der Waals surface area contributed by atoms with Gasteiger partial charge in [-0.1, -0.05) is 18.6 Å². The Hall–Kier alpha value is -1.77. The van der Waals surface area contributed by atoms with E-state index in [1.165, 1.54) is 6.42 Å². The quantitative estimate of drug-likeness (QED) is 0.748. The fraction of sp³-hybridized carbons (Fsp3) is 0.619. The summed E-state index contributed by atoms with van der Waals surface area (Å²) in [4.78, 5) is 2.45. The molecule has 0 saturated carbocycles. The van der Waals surface area contributed by atoms with Crippen molar-refractivity contribution in [2.75, 3.05) is 27.2 Å². The van der Waals surface area contributed by atoms with Crippen molar-refractivity contribution in [2.24, 2.45) is 0 Å². The lowest BCUT2D eigenvalue weighted by atomic mass is 9.99. The maximum atomic E-state index is 13.3. The molecule has 158 valence electrons. The number of aryl methyl sites for hydroxylation is 1. The molecule has 7 nitrogen and oxygen atoms in total. The van der Waals surface area contributed by atoms with Gasteiger partial charge in [0.05, 0.1) is 4.90 Å². The largest absolute Gasteiger partial charge is 0.315 e. The smallest absolute Gasteiger partial charge is 0.243 e. The van der Waals surface area contributed by atoms with Gasteiger partial charge in [-0.2, -0.15) is 4.31 Å². The predicted octanol–water partition coefficient (Wildman–Crippen LogP) is 2.63. The Morgan fingerprint density at radius 1 is 1.03 bits per heavy atom. The van der Waals surface area contributed by atoms with Gasteiger partial charge < -0.3 is 9.47 Å². The third-order valence-electron chi connectivity index (χ3n) is 5.95. The summed E-state index contributed by atoms with van der Waals surface area (Å²) in [5.74, 6) is 2.16. The van der Waals surface area contributed by atoms with Gasteiger partial charge in [0.2, 0.25) is 10.0 Å². The van der Waals surface area contributed by atoms with Gasteiger partial charge >= 0.3 is 0 Å². The van der Waals surface area contributed by atoms with Crippen LogP contribution in [-0.2, 0) is 29.5 Å². The van der Waals surface area contributed by atoms with Crippen LogP contribution in [-0.4, -0.2) is 59.6 Å². The fourth-order valence-corrected chi connectivity index (χ4v) is 5.99. The zero-order valence-electron chi connectivity index (χ0n) is 17.4. The lowest BCUT2D eigenvalue weighted by molar-refractivity contribution is 0.304. The highest BCUT2D eigenvalue weighted by Gasteiger charge is 2.33. The molecule has 0 radical (unpaired) electrons. The van der Waals surface area contributed by atoms with E-state index in [9.17, 15) is 8.42 Å². The third-order valence-corrected chi connectivity index (χ3v) is 7.83. The van der Waals surface area contributed by atoms with E-state index < -0.39 is 10.0 Å². The minimum atomic E-state index is -3.50. The van der Waals surface area contributed by atoms with E-state index in [-0.39, 0.29) is 5.92 Å². The minimum Gasteiger partial charge on any atom is -0.315 e. The number of hydrogen-bond donors (Lipinski definition) is 0. The van der Waals surface area contributed by atoms with Crippen molar-refractivity contribution in [1.82, 2.24) is 24.0 Å². The summed E-state index contributed by atoms with van der Waals surface area (Å²) < 4.78 is 30.4. The molecule has 0 N–H and O–H groups in total. The summed E-state index contributed by atoms with van der Waals surface area (Å²) in [5, 5.41) is 8.89. The maximum absolute atomic E-state index is 13.3. The number of benzene rings is 1. The number of fused-ring (bicyclic) bond motifs is 1. The molecule has 2 aromatic rings. The minimum absolute atomic E-state index is 0.117. The molecule has 0 bridgehead atoms. The van der Waals surface area contributed by atoms with Gasteiger partial charge in [-0.3, -0.25) is 0 Å². The Kier molecular flexibility index (Phi) is 6.03. The molecule has 1 fully saturated rings. The zero-order chi connectivity index (χ0) is 20.4. The first-order chi connectivity index (χ1) is 13.9. The Bertz CT molecular complexity index is 936. The molecule has 1 aromatic heterocycles. The SMILES string of the molecule is CN(C)Cc1ccc(S(=O)(=O)N2CCCC(c3nnc4n3CCCCC4)C2)cc1. The molecule has 2 aliphatic heterocycles. The molecule has 0 amide bonds. The number of nitrogens with zero attached hydrogens (tertiary/aromatic N) is 5. The summed E-state index contributed by atoms with van der Waals surface area (Å²) in [5.41, 5.74) is 1.11. The molecule has 8 heteroatoms. The lowest BCUT2D eigenvalue weighted by Gasteiger charge is -2.31. The van der Waals surface area contributed by atoms with Crippen molar-refractivity contribution < 1.29 is 8.42 Å². The summed E-state index contributed by atoms with van der Waals surface area (Å²) in [6.45, 7) is 2.80. The molecule has 0 spiro atoms. The average molecular weight is 418 g/mol. The van der Waals surface area contributed by atoms with Gasteiger partial charge in [-0.25, -0.2) is 8.42 Å². The monoisotopic (exact) mass is 417 g/mol. The second-order valence-corrected chi connectivity index (χ2v) is 10.5. The molecular formula is C21H31N5O2S. The van der Waals surface area contributed by atoms with Crippen molar-refractivity contribution >= 4 is 10.0 Å². The van der Waals surface area contributed by atoms with Crippen molar-refractivity contribution in [2.45, 2.75) is 62.4 Å². The Morgan fingerprint density at radius 2 is 1.83 bits per heavy atom. The first-order valence-electron chi connectivity index (χ1n) is 10.6. The molecule has 0 aliphatic carbocycles. The van der Waals surface area contributed by atoms with Crippen LogP contribution in [0.25, 0.3) is 0 Å². The van der Waals surface area contributed by atoms with Crippen molar-refractivity contribution in [3.05, 3.63) is 41.5 Å². The van der Waals surface area contributed by atoms with Gasteiger partial charge in [-0.05, 0) is 57.5 Å². The van der Waals surface area contributed by atoms with Gasteiger partial charge in [0, 0.05) is 38.5 Å². The molecule has 2 aliphatic rings. The highest BCUT2D eigenvalue weighted by molar-refractivity contribution is 7.89. The molecule has 4 rings (SSSR count). The van der Waals surface area contributed by atoms with E-state index in [1.54, 1.807) is 16.4 Å². The molecule has 29 heavy (non-hydrogen) atoms. The summed E-state index contributed by atoms with van der Waals surface area (Å²) in [6.07, 6.45) is 6.31. The van der Waals surface area contributed by atoms with Crippen molar-refractivity contribution in [1.29, 1.82) is 0 Å². The van der Waals surface area contributed by atoms with Crippen molar-refractivity contribution in [3.63, 3.8) is 0 Å². The summed E-state index contributed by atoms with van der Waals surface area (Å²) in [6, 6.07) is 7.29. The van der Waals surface area contributed by atoms with Gasteiger partial charge in [0.15, 0.2) is 0 Å². The normalized spacial score (nSPS) is 21.1.